The first-order valence-corrected chi connectivity index (χ1v) is 6.59. The number of halogens is 2. The molecule has 0 saturated carbocycles. The first-order valence-electron chi connectivity index (χ1n) is 6.22. The molecule has 0 aliphatic carbocycles. The van der Waals surface area contributed by atoms with Crippen LogP contribution in [0.15, 0.2) is 30.5 Å². The van der Waals surface area contributed by atoms with Crippen LogP contribution in [-0.4, -0.2) is 9.78 Å². The lowest BCUT2D eigenvalue weighted by Gasteiger charge is -2.12. The van der Waals surface area contributed by atoms with Gasteiger partial charge in [-0.3, -0.25) is 4.68 Å². The third kappa shape index (κ3) is 3.33. The molecule has 2 aromatic rings. The van der Waals surface area contributed by atoms with Crippen molar-refractivity contribution >= 4 is 11.6 Å². The van der Waals surface area contributed by atoms with E-state index in [4.69, 9.17) is 17.3 Å². The standard InChI is InChI=1S/C14H17ClFN3/c1-9(2)19-6-5-11(18-19)8-14(17)12-4-3-10(15)7-13(12)16/h3-7,9,14H,8,17H2,1-2H3. The molecule has 102 valence electrons. The summed E-state index contributed by atoms with van der Waals surface area (Å²) in [6.45, 7) is 4.10. The van der Waals surface area contributed by atoms with Gasteiger partial charge in [-0.15, -0.1) is 0 Å². The summed E-state index contributed by atoms with van der Waals surface area (Å²) in [4.78, 5) is 0. The van der Waals surface area contributed by atoms with Crippen LogP contribution >= 0.6 is 11.6 Å². The normalized spacial score (nSPS) is 12.9. The molecule has 1 heterocycles. The molecule has 0 spiro atoms. The Bertz CT molecular complexity index is 566. The van der Waals surface area contributed by atoms with E-state index in [1.165, 1.54) is 6.07 Å². The summed E-state index contributed by atoms with van der Waals surface area (Å²) in [5.74, 6) is -0.372. The van der Waals surface area contributed by atoms with Gasteiger partial charge >= 0.3 is 0 Å². The Hall–Kier alpha value is -1.39. The van der Waals surface area contributed by atoms with Crippen LogP contribution in [0.5, 0.6) is 0 Å². The van der Waals surface area contributed by atoms with Crippen LogP contribution in [0, 0.1) is 5.82 Å². The molecular formula is C14H17ClFN3. The molecule has 5 heteroatoms. The third-order valence-electron chi connectivity index (χ3n) is 2.98. The van der Waals surface area contributed by atoms with E-state index < -0.39 is 6.04 Å². The van der Waals surface area contributed by atoms with Gasteiger partial charge in [0.1, 0.15) is 5.82 Å². The van der Waals surface area contributed by atoms with Crippen molar-refractivity contribution < 1.29 is 4.39 Å². The minimum Gasteiger partial charge on any atom is -0.324 e. The second-order valence-corrected chi connectivity index (χ2v) is 5.29. The van der Waals surface area contributed by atoms with Crippen LogP contribution in [0.1, 0.15) is 37.2 Å². The molecule has 2 N–H and O–H groups in total. The zero-order chi connectivity index (χ0) is 14.0. The van der Waals surface area contributed by atoms with E-state index in [0.717, 1.165) is 5.69 Å². The highest BCUT2D eigenvalue weighted by Gasteiger charge is 2.14. The molecule has 1 aromatic carbocycles. The average molecular weight is 282 g/mol. The fourth-order valence-corrected chi connectivity index (χ4v) is 2.07. The summed E-state index contributed by atoms with van der Waals surface area (Å²) in [6.07, 6.45) is 2.41. The molecule has 0 fully saturated rings. The Morgan fingerprint density at radius 3 is 2.68 bits per heavy atom. The summed E-state index contributed by atoms with van der Waals surface area (Å²) in [5, 5.41) is 4.78. The molecule has 2 rings (SSSR count). The first kappa shape index (κ1) is 14.0. The molecule has 19 heavy (non-hydrogen) atoms. The van der Waals surface area contributed by atoms with E-state index in [1.807, 2.05) is 16.9 Å². The van der Waals surface area contributed by atoms with E-state index >= 15 is 0 Å². The molecule has 1 aromatic heterocycles. The number of hydrogen-bond donors (Lipinski definition) is 1. The van der Waals surface area contributed by atoms with E-state index in [1.54, 1.807) is 12.1 Å². The Kier molecular flexibility index (Phi) is 4.22. The fraction of sp³-hybridized carbons (Fsp3) is 0.357. The Morgan fingerprint density at radius 2 is 2.11 bits per heavy atom. The van der Waals surface area contributed by atoms with Gasteiger partial charge in [-0.05, 0) is 32.0 Å². The van der Waals surface area contributed by atoms with Gasteiger partial charge < -0.3 is 5.73 Å². The first-order chi connectivity index (χ1) is 8.97. The van der Waals surface area contributed by atoms with Crippen LogP contribution in [0.4, 0.5) is 4.39 Å². The van der Waals surface area contributed by atoms with E-state index in [-0.39, 0.29) is 5.82 Å². The number of hydrogen-bond acceptors (Lipinski definition) is 2. The summed E-state index contributed by atoms with van der Waals surface area (Å²) < 4.78 is 15.6. The van der Waals surface area contributed by atoms with Crippen LogP contribution in [0.25, 0.3) is 0 Å². The molecule has 0 saturated heterocycles. The van der Waals surface area contributed by atoms with Gasteiger partial charge in [0.05, 0.1) is 5.69 Å². The highest BCUT2D eigenvalue weighted by atomic mass is 35.5. The van der Waals surface area contributed by atoms with Crippen molar-refractivity contribution in [2.75, 3.05) is 0 Å². The monoisotopic (exact) mass is 281 g/mol. The zero-order valence-corrected chi connectivity index (χ0v) is 11.7. The summed E-state index contributed by atoms with van der Waals surface area (Å²) in [6, 6.07) is 6.34. The van der Waals surface area contributed by atoms with Crippen molar-refractivity contribution in [3.8, 4) is 0 Å². The van der Waals surface area contributed by atoms with Gasteiger partial charge in [0.15, 0.2) is 0 Å². The lowest BCUT2D eigenvalue weighted by Crippen LogP contribution is -2.15. The van der Waals surface area contributed by atoms with Gasteiger partial charge in [0.2, 0.25) is 0 Å². The number of aromatic nitrogens is 2. The zero-order valence-electron chi connectivity index (χ0n) is 11.0. The number of benzene rings is 1. The predicted molar refractivity (Wildman–Crippen MR) is 74.7 cm³/mol. The van der Waals surface area contributed by atoms with Crippen LogP contribution < -0.4 is 5.73 Å². The van der Waals surface area contributed by atoms with E-state index in [0.29, 0.717) is 23.0 Å². The van der Waals surface area contributed by atoms with Crippen molar-refractivity contribution in [3.63, 3.8) is 0 Å². The molecule has 0 aliphatic rings. The van der Waals surface area contributed by atoms with Crippen molar-refractivity contribution in [1.29, 1.82) is 0 Å². The quantitative estimate of drug-likeness (QED) is 0.932. The minimum atomic E-state index is -0.423. The SMILES string of the molecule is CC(C)n1ccc(CC(N)c2ccc(Cl)cc2F)n1. The van der Waals surface area contributed by atoms with Crippen LogP contribution in [-0.2, 0) is 6.42 Å². The molecule has 0 radical (unpaired) electrons. The second kappa shape index (κ2) is 5.72. The van der Waals surface area contributed by atoms with Crippen molar-refractivity contribution in [1.82, 2.24) is 9.78 Å². The molecule has 1 unspecified atom stereocenters. The topological polar surface area (TPSA) is 43.8 Å². The van der Waals surface area contributed by atoms with E-state index in [2.05, 4.69) is 18.9 Å². The highest BCUT2D eigenvalue weighted by molar-refractivity contribution is 6.30. The smallest absolute Gasteiger partial charge is 0.129 e. The van der Waals surface area contributed by atoms with Crippen LogP contribution in [0.2, 0.25) is 5.02 Å². The molecule has 1 atom stereocenters. The minimum absolute atomic E-state index is 0.303. The lowest BCUT2D eigenvalue weighted by molar-refractivity contribution is 0.520. The second-order valence-electron chi connectivity index (χ2n) is 4.86. The molecule has 0 bridgehead atoms. The Morgan fingerprint density at radius 1 is 1.37 bits per heavy atom. The van der Waals surface area contributed by atoms with Crippen molar-refractivity contribution in [2.45, 2.75) is 32.4 Å². The molecule has 3 nitrogen and oxygen atoms in total. The summed E-state index contributed by atoms with van der Waals surface area (Å²) in [7, 11) is 0. The predicted octanol–water partition coefficient (Wildman–Crippen LogP) is 3.50. The largest absolute Gasteiger partial charge is 0.324 e. The van der Waals surface area contributed by atoms with E-state index in [9.17, 15) is 4.39 Å². The fourth-order valence-electron chi connectivity index (χ4n) is 1.91. The van der Waals surface area contributed by atoms with Gasteiger partial charge in [0, 0.05) is 35.3 Å². The van der Waals surface area contributed by atoms with Gasteiger partial charge in [-0.2, -0.15) is 5.10 Å². The molecular weight excluding hydrogens is 265 g/mol. The van der Waals surface area contributed by atoms with Crippen molar-refractivity contribution in [2.24, 2.45) is 5.73 Å². The van der Waals surface area contributed by atoms with Crippen molar-refractivity contribution in [3.05, 3.63) is 52.6 Å². The Labute approximate surface area is 117 Å². The van der Waals surface area contributed by atoms with Crippen LogP contribution in [0.3, 0.4) is 0 Å². The maximum Gasteiger partial charge on any atom is 0.129 e. The van der Waals surface area contributed by atoms with Gasteiger partial charge in [0.25, 0.3) is 0 Å². The number of rotatable bonds is 4. The summed E-state index contributed by atoms with van der Waals surface area (Å²) in [5.41, 5.74) is 7.35. The lowest BCUT2D eigenvalue weighted by atomic mass is 10.0. The van der Waals surface area contributed by atoms with Gasteiger partial charge in [-0.1, -0.05) is 17.7 Å². The molecule has 0 amide bonds. The highest BCUT2D eigenvalue weighted by Crippen LogP contribution is 2.22. The summed E-state index contributed by atoms with van der Waals surface area (Å²) >= 11 is 5.72. The van der Waals surface area contributed by atoms with Gasteiger partial charge in [-0.25, -0.2) is 4.39 Å². The average Bonchev–Trinajstić information content (AvgIpc) is 2.77. The number of nitrogens with zero attached hydrogens (tertiary/aromatic N) is 2. The molecule has 0 aliphatic heterocycles. The third-order valence-corrected chi connectivity index (χ3v) is 3.22. The number of nitrogens with two attached hydrogens (primary N) is 1. The Balaban J connectivity index is 2.13. The maximum atomic E-state index is 13.7. The maximum absolute atomic E-state index is 13.7.